The molecule has 1 atom stereocenters. The standard InChI is InChI=1S/C15H19N3OS/c19-15(14(20)11-13-5-2-1-3-6-13)17-7-4-9-18-10-8-16-12-18/h1-3,5-6,8,10,12,14,20H,4,7,9,11H2,(H,17,19). The van der Waals surface area contributed by atoms with Crippen LogP contribution >= 0.6 is 12.6 Å². The van der Waals surface area contributed by atoms with Crippen LogP contribution in [-0.2, 0) is 17.8 Å². The normalized spacial score (nSPS) is 12.1. The van der Waals surface area contributed by atoms with Crippen molar-refractivity contribution in [3.05, 3.63) is 54.6 Å². The Morgan fingerprint density at radius 3 is 2.85 bits per heavy atom. The van der Waals surface area contributed by atoms with Gasteiger partial charge in [0.05, 0.1) is 11.6 Å². The summed E-state index contributed by atoms with van der Waals surface area (Å²) in [4.78, 5) is 15.9. The number of aromatic nitrogens is 2. The fourth-order valence-corrected chi connectivity index (χ4v) is 2.24. The SMILES string of the molecule is O=C(NCCCn1ccnc1)C(S)Cc1ccccc1. The van der Waals surface area contributed by atoms with Crippen molar-refractivity contribution in [2.24, 2.45) is 0 Å². The van der Waals surface area contributed by atoms with Gasteiger partial charge in [0.15, 0.2) is 0 Å². The quantitative estimate of drug-likeness (QED) is 0.604. The molecule has 0 saturated heterocycles. The van der Waals surface area contributed by atoms with Crippen LogP contribution in [0.1, 0.15) is 12.0 Å². The van der Waals surface area contributed by atoms with E-state index in [1.165, 1.54) is 0 Å². The van der Waals surface area contributed by atoms with Gasteiger partial charge in [-0.1, -0.05) is 30.3 Å². The average molecular weight is 289 g/mol. The lowest BCUT2D eigenvalue weighted by molar-refractivity contribution is -0.120. The summed E-state index contributed by atoms with van der Waals surface area (Å²) in [5, 5.41) is 2.62. The Labute approximate surface area is 124 Å². The number of aryl methyl sites for hydroxylation is 1. The Bertz CT molecular complexity index is 513. The highest BCUT2D eigenvalue weighted by Gasteiger charge is 2.13. The van der Waals surface area contributed by atoms with Crippen molar-refractivity contribution in [3.63, 3.8) is 0 Å². The van der Waals surface area contributed by atoms with E-state index in [4.69, 9.17) is 0 Å². The number of nitrogens with one attached hydrogen (secondary N) is 1. The Morgan fingerprint density at radius 2 is 2.15 bits per heavy atom. The molecule has 1 N–H and O–H groups in total. The minimum absolute atomic E-state index is 0.0113. The molecule has 0 aliphatic heterocycles. The van der Waals surface area contributed by atoms with Crippen molar-refractivity contribution < 1.29 is 4.79 Å². The molecule has 1 aromatic heterocycles. The van der Waals surface area contributed by atoms with E-state index in [0.29, 0.717) is 13.0 Å². The van der Waals surface area contributed by atoms with Gasteiger partial charge in [-0.25, -0.2) is 4.98 Å². The molecule has 0 bridgehead atoms. The maximum atomic E-state index is 11.9. The number of imidazole rings is 1. The van der Waals surface area contributed by atoms with Crippen LogP contribution in [0.3, 0.4) is 0 Å². The Hall–Kier alpha value is -1.75. The molecule has 1 unspecified atom stereocenters. The fourth-order valence-electron chi connectivity index (χ4n) is 1.94. The molecule has 2 aromatic rings. The maximum Gasteiger partial charge on any atom is 0.233 e. The maximum absolute atomic E-state index is 11.9. The zero-order valence-electron chi connectivity index (χ0n) is 11.3. The van der Waals surface area contributed by atoms with Gasteiger partial charge in [0.2, 0.25) is 5.91 Å². The van der Waals surface area contributed by atoms with E-state index in [2.05, 4.69) is 22.9 Å². The molecule has 0 fully saturated rings. The van der Waals surface area contributed by atoms with Gasteiger partial charge in [-0.3, -0.25) is 4.79 Å². The van der Waals surface area contributed by atoms with E-state index in [9.17, 15) is 4.79 Å². The number of amides is 1. The molecule has 20 heavy (non-hydrogen) atoms. The first kappa shape index (κ1) is 14.7. The second-order valence-corrected chi connectivity index (χ2v) is 5.27. The van der Waals surface area contributed by atoms with Gasteiger partial charge < -0.3 is 9.88 Å². The zero-order chi connectivity index (χ0) is 14.2. The molecule has 2 rings (SSSR count). The van der Waals surface area contributed by atoms with E-state index in [1.54, 1.807) is 12.5 Å². The molecule has 1 aromatic carbocycles. The predicted molar refractivity (Wildman–Crippen MR) is 82.8 cm³/mol. The van der Waals surface area contributed by atoms with Crippen LogP contribution < -0.4 is 5.32 Å². The average Bonchev–Trinajstić information content (AvgIpc) is 2.97. The highest BCUT2D eigenvalue weighted by molar-refractivity contribution is 7.81. The van der Waals surface area contributed by atoms with Gasteiger partial charge >= 0.3 is 0 Å². The molecule has 1 amide bonds. The monoisotopic (exact) mass is 289 g/mol. The third kappa shape index (κ3) is 4.74. The highest BCUT2D eigenvalue weighted by atomic mass is 32.1. The molecular weight excluding hydrogens is 270 g/mol. The van der Waals surface area contributed by atoms with Crippen LogP contribution in [0.4, 0.5) is 0 Å². The summed E-state index contributed by atoms with van der Waals surface area (Å²) in [5.41, 5.74) is 1.13. The van der Waals surface area contributed by atoms with E-state index >= 15 is 0 Å². The lowest BCUT2D eigenvalue weighted by atomic mass is 10.1. The first-order chi connectivity index (χ1) is 9.75. The molecule has 0 aliphatic rings. The Morgan fingerprint density at radius 1 is 1.35 bits per heavy atom. The number of rotatable bonds is 7. The van der Waals surface area contributed by atoms with Crippen molar-refractivity contribution in [2.75, 3.05) is 6.54 Å². The molecule has 1 heterocycles. The topological polar surface area (TPSA) is 46.9 Å². The molecule has 0 radical (unpaired) electrons. The van der Waals surface area contributed by atoms with Crippen molar-refractivity contribution >= 4 is 18.5 Å². The van der Waals surface area contributed by atoms with Crippen LogP contribution in [0, 0.1) is 0 Å². The second kappa shape index (κ2) is 7.75. The number of carbonyl (C=O) groups excluding carboxylic acids is 1. The molecule has 0 saturated carbocycles. The molecule has 4 nitrogen and oxygen atoms in total. The molecular formula is C15H19N3OS. The van der Waals surface area contributed by atoms with Crippen LogP contribution in [0.25, 0.3) is 0 Å². The number of thiol groups is 1. The van der Waals surface area contributed by atoms with Gasteiger partial charge in [0.1, 0.15) is 0 Å². The van der Waals surface area contributed by atoms with Crippen molar-refractivity contribution in [1.29, 1.82) is 0 Å². The summed E-state index contributed by atoms with van der Waals surface area (Å²) in [6, 6.07) is 9.93. The van der Waals surface area contributed by atoms with Crippen LogP contribution in [0.2, 0.25) is 0 Å². The molecule has 0 spiro atoms. The first-order valence-electron chi connectivity index (χ1n) is 6.71. The number of nitrogens with zero attached hydrogens (tertiary/aromatic N) is 2. The Kier molecular flexibility index (Phi) is 5.68. The summed E-state index contributed by atoms with van der Waals surface area (Å²) < 4.78 is 1.99. The number of carbonyl (C=O) groups is 1. The minimum Gasteiger partial charge on any atom is -0.355 e. The van der Waals surface area contributed by atoms with E-state index in [1.807, 2.05) is 41.1 Å². The lowest BCUT2D eigenvalue weighted by Gasteiger charge is -2.11. The number of hydrogen-bond donors (Lipinski definition) is 2. The summed E-state index contributed by atoms with van der Waals surface area (Å²) in [6.07, 6.45) is 6.98. The minimum atomic E-state index is -0.300. The van der Waals surface area contributed by atoms with Gasteiger partial charge in [0, 0.05) is 25.5 Å². The second-order valence-electron chi connectivity index (χ2n) is 4.65. The predicted octanol–water partition coefficient (Wildman–Crippen LogP) is 1.93. The van der Waals surface area contributed by atoms with Gasteiger partial charge in [-0.2, -0.15) is 12.6 Å². The van der Waals surface area contributed by atoms with Crippen LogP contribution in [0.15, 0.2) is 49.1 Å². The van der Waals surface area contributed by atoms with Gasteiger partial charge in [-0.05, 0) is 18.4 Å². The van der Waals surface area contributed by atoms with Gasteiger partial charge in [0.25, 0.3) is 0 Å². The number of hydrogen-bond acceptors (Lipinski definition) is 3. The molecule has 0 aliphatic carbocycles. The zero-order valence-corrected chi connectivity index (χ0v) is 12.2. The largest absolute Gasteiger partial charge is 0.355 e. The van der Waals surface area contributed by atoms with Gasteiger partial charge in [-0.15, -0.1) is 0 Å². The smallest absolute Gasteiger partial charge is 0.233 e. The third-order valence-electron chi connectivity index (χ3n) is 3.03. The van der Waals surface area contributed by atoms with Crippen molar-refractivity contribution in [2.45, 2.75) is 24.6 Å². The number of benzene rings is 1. The Balaban J connectivity index is 1.66. The van der Waals surface area contributed by atoms with E-state index in [0.717, 1.165) is 18.5 Å². The van der Waals surface area contributed by atoms with E-state index < -0.39 is 0 Å². The van der Waals surface area contributed by atoms with Crippen molar-refractivity contribution in [3.8, 4) is 0 Å². The highest BCUT2D eigenvalue weighted by Crippen LogP contribution is 2.07. The first-order valence-corrected chi connectivity index (χ1v) is 7.23. The van der Waals surface area contributed by atoms with Crippen LogP contribution in [-0.4, -0.2) is 27.3 Å². The molecule has 106 valence electrons. The van der Waals surface area contributed by atoms with E-state index in [-0.39, 0.29) is 11.2 Å². The molecule has 5 heteroatoms. The fraction of sp³-hybridized carbons (Fsp3) is 0.333. The van der Waals surface area contributed by atoms with Crippen molar-refractivity contribution in [1.82, 2.24) is 14.9 Å². The lowest BCUT2D eigenvalue weighted by Crippen LogP contribution is -2.33. The summed E-state index contributed by atoms with van der Waals surface area (Å²) in [7, 11) is 0. The van der Waals surface area contributed by atoms with Crippen LogP contribution in [0.5, 0.6) is 0 Å². The summed E-state index contributed by atoms with van der Waals surface area (Å²) in [6.45, 7) is 1.51. The third-order valence-corrected chi connectivity index (χ3v) is 3.44. The summed E-state index contributed by atoms with van der Waals surface area (Å²) in [5.74, 6) is -0.0113. The summed E-state index contributed by atoms with van der Waals surface area (Å²) >= 11 is 4.37.